The Kier molecular flexibility index (Phi) is 7.23. The molecule has 0 spiro atoms. The van der Waals surface area contributed by atoms with Gasteiger partial charge in [-0.05, 0) is 41.3 Å². The molecule has 0 bridgehead atoms. The molecule has 2 aromatic carbocycles. The second-order valence-electron chi connectivity index (χ2n) is 7.42. The van der Waals surface area contributed by atoms with Gasteiger partial charge in [0.1, 0.15) is 11.6 Å². The third-order valence-corrected chi connectivity index (χ3v) is 5.09. The molecule has 1 amide bonds. The van der Waals surface area contributed by atoms with E-state index in [1.54, 1.807) is 4.90 Å². The van der Waals surface area contributed by atoms with Crippen LogP contribution in [0.15, 0.2) is 66.2 Å². The van der Waals surface area contributed by atoms with Crippen LogP contribution in [0.25, 0.3) is 11.6 Å². The first kappa shape index (κ1) is 21.8. The van der Waals surface area contributed by atoms with E-state index in [0.29, 0.717) is 18.7 Å². The largest absolute Gasteiger partial charge is 0.451 e. The zero-order chi connectivity index (χ0) is 22.2. The molecule has 2 aromatic rings. The van der Waals surface area contributed by atoms with Crippen LogP contribution in [0.2, 0.25) is 0 Å². The van der Waals surface area contributed by atoms with E-state index < -0.39 is 5.97 Å². The zero-order valence-electron chi connectivity index (χ0n) is 17.7. The van der Waals surface area contributed by atoms with Gasteiger partial charge in [0.2, 0.25) is 0 Å². The number of rotatable bonds is 6. The van der Waals surface area contributed by atoms with E-state index in [0.717, 1.165) is 17.7 Å². The highest BCUT2D eigenvalue weighted by Gasteiger charge is 2.20. The summed E-state index contributed by atoms with van der Waals surface area (Å²) in [6.07, 6.45) is 4.23. The van der Waals surface area contributed by atoms with Crippen molar-refractivity contribution in [1.29, 1.82) is 5.26 Å². The maximum Gasteiger partial charge on any atom is 0.349 e. The number of amides is 1. The van der Waals surface area contributed by atoms with Crippen molar-refractivity contribution in [3.63, 3.8) is 0 Å². The molecular formula is C25H25N3O3. The summed E-state index contributed by atoms with van der Waals surface area (Å²) >= 11 is 0. The predicted octanol–water partition coefficient (Wildman–Crippen LogP) is 3.52. The van der Waals surface area contributed by atoms with Crippen LogP contribution in [-0.4, -0.2) is 50.6 Å². The maximum absolute atomic E-state index is 12.4. The van der Waals surface area contributed by atoms with Crippen LogP contribution in [0.5, 0.6) is 0 Å². The molecule has 1 aliphatic heterocycles. The van der Waals surface area contributed by atoms with Crippen LogP contribution in [0, 0.1) is 11.3 Å². The van der Waals surface area contributed by atoms with Crippen LogP contribution < -0.4 is 4.90 Å². The Morgan fingerprint density at radius 1 is 1.13 bits per heavy atom. The molecule has 3 rings (SSSR count). The average Bonchev–Trinajstić information content (AvgIpc) is 2.81. The smallest absolute Gasteiger partial charge is 0.349 e. The SMILES string of the molecule is CN(C)c1ccc(/C=C(\C#N)C(=O)OCC(=O)N2CC=C(c3ccccc3)CC2)cc1. The summed E-state index contributed by atoms with van der Waals surface area (Å²) in [7, 11) is 3.86. The molecular weight excluding hydrogens is 390 g/mol. The van der Waals surface area contributed by atoms with Gasteiger partial charge >= 0.3 is 5.97 Å². The minimum Gasteiger partial charge on any atom is -0.451 e. The highest BCUT2D eigenvalue weighted by molar-refractivity contribution is 5.98. The third kappa shape index (κ3) is 5.83. The molecule has 0 saturated carbocycles. The molecule has 0 saturated heterocycles. The molecule has 0 N–H and O–H groups in total. The molecule has 6 heteroatoms. The minimum absolute atomic E-state index is 0.143. The minimum atomic E-state index is -0.801. The molecule has 0 unspecified atom stereocenters. The zero-order valence-corrected chi connectivity index (χ0v) is 17.7. The molecule has 158 valence electrons. The molecule has 31 heavy (non-hydrogen) atoms. The van der Waals surface area contributed by atoms with Gasteiger partial charge in [-0.15, -0.1) is 0 Å². The van der Waals surface area contributed by atoms with E-state index >= 15 is 0 Å². The molecule has 0 atom stereocenters. The summed E-state index contributed by atoms with van der Waals surface area (Å²) in [6, 6.07) is 19.3. The van der Waals surface area contributed by atoms with Crippen molar-refractivity contribution in [3.05, 3.63) is 77.4 Å². The first-order valence-electron chi connectivity index (χ1n) is 10.1. The monoisotopic (exact) mass is 415 g/mol. The number of anilines is 1. The van der Waals surface area contributed by atoms with Crippen molar-refractivity contribution in [2.75, 3.05) is 38.7 Å². The number of hydrogen-bond acceptors (Lipinski definition) is 5. The number of benzene rings is 2. The molecule has 6 nitrogen and oxygen atoms in total. The van der Waals surface area contributed by atoms with Crippen LogP contribution >= 0.6 is 0 Å². The lowest BCUT2D eigenvalue weighted by Gasteiger charge is -2.26. The molecule has 0 aliphatic carbocycles. The van der Waals surface area contributed by atoms with Gasteiger partial charge in [-0.1, -0.05) is 48.5 Å². The molecule has 1 heterocycles. The van der Waals surface area contributed by atoms with Gasteiger partial charge in [-0.25, -0.2) is 4.79 Å². The summed E-state index contributed by atoms with van der Waals surface area (Å²) in [5, 5.41) is 9.32. The molecule has 0 radical (unpaired) electrons. The summed E-state index contributed by atoms with van der Waals surface area (Å²) in [5.41, 5.74) is 3.94. The number of esters is 1. The number of hydrogen-bond donors (Lipinski definition) is 0. The number of ether oxygens (including phenoxy) is 1. The average molecular weight is 415 g/mol. The Balaban J connectivity index is 1.55. The van der Waals surface area contributed by atoms with Crippen molar-refractivity contribution in [1.82, 2.24) is 4.90 Å². The Bertz CT molecular complexity index is 1030. The summed E-state index contributed by atoms with van der Waals surface area (Å²) in [5.74, 6) is -1.07. The van der Waals surface area contributed by atoms with Crippen LogP contribution in [-0.2, 0) is 14.3 Å². The fourth-order valence-corrected chi connectivity index (χ4v) is 3.28. The van der Waals surface area contributed by atoms with Crippen molar-refractivity contribution < 1.29 is 14.3 Å². The van der Waals surface area contributed by atoms with E-state index in [4.69, 9.17) is 4.74 Å². The summed E-state index contributed by atoms with van der Waals surface area (Å²) in [6.45, 7) is 0.655. The standard InChI is InChI=1S/C25H25N3O3/c1-27(2)23-10-8-19(9-11-23)16-22(17-26)25(30)31-18-24(29)28-14-12-21(13-15-28)20-6-4-3-5-7-20/h3-12,16H,13-15,18H2,1-2H3/b22-16+. The number of nitriles is 1. The van der Waals surface area contributed by atoms with Gasteiger partial charge in [-0.2, -0.15) is 5.26 Å². The van der Waals surface area contributed by atoms with Gasteiger partial charge in [0, 0.05) is 32.9 Å². The van der Waals surface area contributed by atoms with E-state index in [1.165, 1.54) is 11.6 Å². The summed E-state index contributed by atoms with van der Waals surface area (Å²) < 4.78 is 5.11. The van der Waals surface area contributed by atoms with E-state index in [1.807, 2.05) is 73.6 Å². The van der Waals surface area contributed by atoms with Crippen molar-refractivity contribution >= 4 is 29.2 Å². The lowest BCUT2D eigenvalue weighted by Crippen LogP contribution is -2.37. The van der Waals surface area contributed by atoms with Crippen LogP contribution in [0.3, 0.4) is 0 Å². The Morgan fingerprint density at radius 3 is 2.42 bits per heavy atom. The Morgan fingerprint density at radius 2 is 1.84 bits per heavy atom. The fraction of sp³-hybridized carbons (Fsp3) is 0.240. The highest BCUT2D eigenvalue weighted by atomic mass is 16.5. The Hall–Kier alpha value is -3.85. The van der Waals surface area contributed by atoms with Crippen LogP contribution in [0.1, 0.15) is 17.5 Å². The topological polar surface area (TPSA) is 73.6 Å². The van der Waals surface area contributed by atoms with Crippen LogP contribution in [0.4, 0.5) is 5.69 Å². The van der Waals surface area contributed by atoms with Gasteiger partial charge < -0.3 is 14.5 Å². The van der Waals surface area contributed by atoms with E-state index in [2.05, 4.69) is 12.1 Å². The lowest BCUT2D eigenvalue weighted by molar-refractivity contribution is -0.148. The second kappa shape index (κ2) is 10.3. The number of nitrogens with zero attached hydrogens (tertiary/aromatic N) is 3. The van der Waals surface area contributed by atoms with Crippen molar-refractivity contribution in [3.8, 4) is 6.07 Å². The first-order chi connectivity index (χ1) is 15.0. The number of carbonyl (C=O) groups excluding carboxylic acids is 2. The van der Waals surface area contributed by atoms with E-state index in [-0.39, 0.29) is 18.1 Å². The fourth-order valence-electron chi connectivity index (χ4n) is 3.28. The number of carbonyl (C=O) groups is 2. The predicted molar refractivity (Wildman–Crippen MR) is 121 cm³/mol. The first-order valence-corrected chi connectivity index (χ1v) is 10.1. The van der Waals surface area contributed by atoms with Gasteiger partial charge in [-0.3, -0.25) is 4.79 Å². The van der Waals surface area contributed by atoms with Gasteiger partial charge in [0.25, 0.3) is 5.91 Å². The second-order valence-corrected chi connectivity index (χ2v) is 7.42. The van der Waals surface area contributed by atoms with Gasteiger partial charge in [0.15, 0.2) is 6.61 Å². The molecule has 0 fully saturated rings. The molecule has 1 aliphatic rings. The highest BCUT2D eigenvalue weighted by Crippen LogP contribution is 2.22. The van der Waals surface area contributed by atoms with Gasteiger partial charge in [0.05, 0.1) is 0 Å². The normalized spacial score (nSPS) is 13.8. The quantitative estimate of drug-likeness (QED) is 0.410. The van der Waals surface area contributed by atoms with Crippen molar-refractivity contribution in [2.45, 2.75) is 6.42 Å². The third-order valence-electron chi connectivity index (χ3n) is 5.09. The Labute approximate surface area is 182 Å². The molecule has 0 aromatic heterocycles. The van der Waals surface area contributed by atoms with E-state index in [9.17, 15) is 14.9 Å². The maximum atomic E-state index is 12.4. The summed E-state index contributed by atoms with van der Waals surface area (Å²) in [4.78, 5) is 28.3. The van der Waals surface area contributed by atoms with Crippen molar-refractivity contribution in [2.24, 2.45) is 0 Å². The lowest BCUT2D eigenvalue weighted by atomic mass is 10.00.